The Bertz CT molecular complexity index is 467. The number of morpholine rings is 1. The van der Waals surface area contributed by atoms with E-state index in [2.05, 4.69) is 0 Å². The zero-order valence-corrected chi connectivity index (χ0v) is 13.5. The second-order valence-corrected chi connectivity index (χ2v) is 7.25. The fourth-order valence-electron chi connectivity index (χ4n) is 2.84. The van der Waals surface area contributed by atoms with Gasteiger partial charge in [0.2, 0.25) is 0 Å². The number of hydrogen-bond acceptors (Lipinski definition) is 5. The highest BCUT2D eigenvalue weighted by molar-refractivity contribution is 7.86. The largest absolute Gasteiger partial charge is 0.465 e. The minimum absolute atomic E-state index is 0.214. The maximum atomic E-state index is 12.9. The first kappa shape index (κ1) is 16.7. The van der Waals surface area contributed by atoms with E-state index in [0.29, 0.717) is 32.7 Å². The molecule has 0 aromatic heterocycles. The smallest absolute Gasteiger partial charge is 0.324 e. The van der Waals surface area contributed by atoms with Gasteiger partial charge in [-0.1, -0.05) is 0 Å². The number of rotatable bonds is 4. The lowest BCUT2D eigenvalue weighted by Crippen LogP contribution is -2.58. The lowest BCUT2D eigenvalue weighted by molar-refractivity contribution is -0.148. The van der Waals surface area contributed by atoms with E-state index in [0.717, 1.165) is 12.8 Å². The second kappa shape index (κ2) is 7.04. The van der Waals surface area contributed by atoms with Crippen LogP contribution in [0.15, 0.2) is 0 Å². The first-order chi connectivity index (χ1) is 9.98. The molecule has 0 saturated carbocycles. The van der Waals surface area contributed by atoms with Crippen LogP contribution in [0.25, 0.3) is 0 Å². The fourth-order valence-corrected chi connectivity index (χ4v) is 4.81. The molecule has 0 radical (unpaired) electrons. The van der Waals surface area contributed by atoms with Crippen LogP contribution in [-0.4, -0.2) is 68.0 Å². The fraction of sp³-hybridized carbons (Fsp3) is 0.923. The van der Waals surface area contributed by atoms with Gasteiger partial charge in [-0.2, -0.15) is 17.0 Å². The van der Waals surface area contributed by atoms with Gasteiger partial charge in [0.25, 0.3) is 10.2 Å². The van der Waals surface area contributed by atoms with Gasteiger partial charge in [-0.15, -0.1) is 0 Å². The van der Waals surface area contributed by atoms with Crippen molar-refractivity contribution < 1.29 is 22.7 Å². The molecule has 2 heterocycles. The lowest BCUT2D eigenvalue weighted by atomic mass is 10.1. The number of carbonyl (C=O) groups is 1. The molecule has 0 aliphatic carbocycles. The number of hydrogen-bond donors (Lipinski definition) is 0. The van der Waals surface area contributed by atoms with E-state index in [1.165, 1.54) is 8.61 Å². The molecular weight excluding hydrogens is 296 g/mol. The SMILES string of the molecule is CCOC(=O)[C@H]1CCCCN1S(=O)(=O)N1CCOC[C@H]1C. The molecule has 0 spiro atoms. The predicted octanol–water partition coefficient (Wildman–Crippen LogP) is 0.370. The van der Waals surface area contributed by atoms with Gasteiger partial charge in [0.05, 0.1) is 19.8 Å². The third-order valence-electron chi connectivity index (χ3n) is 3.91. The van der Waals surface area contributed by atoms with E-state index in [4.69, 9.17) is 9.47 Å². The van der Waals surface area contributed by atoms with E-state index in [1.54, 1.807) is 6.92 Å². The van der Waals surface area contributed by atoms with E-state index in [1.807, 2.05) is 6.92 Å². The molecule has 0 bridgehead atoms. The molecule has 122 valence electrons. The molecule has 0 aromatic carbocycles. The Labute approximate surface area is 126 Å². The van der Waals surface area contributed by atoms with E-state index in [9.17, 15) is 13.2 Å². The molecule has 2 saturated heterocycles. The van der Waals surface area contributed by atoms with Crippen molar-refractivity contribution in [3.8, 4) is 0 Å². The predicted molar refractivity (Wildman–Crippen MR) is 76.9 cm³/mol. The van der Waals surface area contributed by atoms with Crippen LogP contribution in [-0.2, 0) is 24.5 Å². The maximum Gasteiger partial charge on any atom is 0.324 e. The third kappa shape index (κ3) is 3.56. The number of carbonyl (C=O) groups excluding carboxylic acids is 1. The van der Waals surface area contributed by atoms with Crippen LogP contribution < -0.4 is 0 Å². The summed E-state index contributed by atoms with van der Waals surface area (Å²) in [5.74, 6) is -0.443. The Morgan fingerprint density at radius 2 is 2.05 bits per heavy atom. The van der Waals surface area contributed by atoms with Gasteiger partial charge in [0, 0.05) is 19.1 Å². The summed E-state index contributed by atoms with van der Waals surface area (Å²) in [5.41, 5.74) is 0. The topological polar surface area (TPSA) is 76.2 Å². The van der Waals surface area contributed by atoms with Crippen molar-refractivity contribution in [2.24, 2.45) is 0 Å². The maximum absolute atomic E-state index is 12.9. The summed E-state index contributed by atoms with van der Waals surface area (Å²) in [6.45, 7) is 5.28. The molecule has 8 heteroatoms. The monoisotopic (exact) mass is 320 g/mol. The van der Waals surface area contributed by atoms with Gasteiger partial charge in [-0.3, -0.25) is 4.79 Å². The summed E-state index contributed by atoms with van der Waals surface area (Å²) in [6.07, 6.45) is 2.14. The minimum Gasteiger partial charge on any atom is -0.465 e. The highest BCUT2D eigenvalue weighted by atomic mass is 32.2. The average Bonchev–Trinajstić information content (AvgIpc) is 2.48. The molecule has 21 heavy (non-hydrogen) atoms. The highest BCUT2D eigenvalue weighted by Gasteiger charge is 2.42. The molecule has 7 nitrogen and oxygen atoms in total. The van der Waals surface area contributed by atoms with Gasteiger partial charge in [-0.05, 0) is 33.1 Å². The first-order valence-corrected chi connectivity index (χ1v) is 8.91. The molecule has 2 aliphatic heterocycles. The van der Waals surface area contributed by atoms with Crippen molar-refractivity contribution in [1.82, 2.24) is 8.61 Å². The van der Waals surface area contributed by atoms with Gasteiger partial charge in [0.15, 0.2) is 0 Å². The molecule has 2 rings (SSSR count). The van der Waals surface area contributed by atoms with Gasteiger partial charge in [0.1, 0.15) is 6.04 Å². The number of piperidine rings is 1. The van der Waals surface area contributed by atoms with Crippen LogP contribution in [0.1, 0.15) is 33.1 Å². The van der Waals surface area contributed by atoms with Gasteiger partial charge < -0.3 is 9.47 Å². The molecular formula is C13H24N2O5S. The Hall–Kier alpha value is -0.700. The highest BCUT2D eigenvalue weighted by Crippen LogP contribution is 2.25. The summed E-state index contributed by atoms with van der Waals surface area (Å²) in [4.78, 5) is 12.0. The minimum atomic E-state index is -3.66. The Balaban J connectivity index is 2.20. The van der Waals surface area contributed by atoms with Gasteiger partial charge >= 0.3 is 5.97 Å². The Kier molecular flexibility index (Phi) is 5.59. The third-order valence-corrected chi connectivity index (χ3v) is 6.08. The van der Waals surface area contributed by atoms with Crippen molar-refractivity contribution in [3.05, 3.63) is 0 Å². The average molecular weight is 320 g/mol. The number of esters is 1. The Morgan fingerprint density at radius 3 is 2.71 bits per heavy atom. The molecule has 0 aromatic rings. The van der Waals surface area contributed by atoms with Crippen LogP contribution in [0, 0.1) is 0 Å². The van der Waals surface area contributed by atoms with Gasteiger partial charge in [-0.25, -0.2) is 0 Å². The normalized spacial score (nSPS) is 29.2. The van der Waals surface area contributed by atoms with Crippen LogP contribution in [0.3, 0.4) is 0 Å². The van der Waals surface area contributed by atoms with Crippen LogP contribution in [0.4, 0.5) is 0 Å². The summed E-state index contributed by atoms with van der Waals surface area (Å²) in [7, 11) is -3.66. The summed E-state index contributed by atoms with van der Waals surface area (Å²) < 4.78 is 38.8. The van der Waals surface area contributed by atoms with Crippen molar-refractivity contribution in [2.75, 3.05) is 32.9 Å². The number of ether oxygens (including phenoxy) is 2. The standard InChI is InChI=1S/C13H24N2O5S/c1-3-20-13(16)12-6-4-5-7-15(12)21(17,18)14-8-9-19-10-11(14)2/h11-12H,3-10H2,1-2H3/t11-,12-/m1/s1. The first-order valence-electron chi connectivity index (χ1n) is 7.51. The second-order valence-electron chi connectivity index (χ2n) is 5.42. The number of nitrogens with zero attached hydrogens (tertiary/aromatic N) is 2. The van der Waals surface area contributed by atoms with E-state index in [-0.39, 0.29) is 12.6 Å². The van der Waals surface area contributed by atoms with Crippen molar-refractivity contribution in [1.29, 1.82) is 0 Å². The molecule has 2 fully saturated rings. The van der Waals surface area contributed by atoms with Crippen LogP contribution >= 0.6 is 0 Å². The summed E-state index contributed by atoms with van der Waals surface area (Å²) in [5, 5.41) is 0. The summed E-state index contributed by atoms with van der Waals surface area (Å²) >= 11 is 0. The molecule has 0 unspecified atom stereocenters. The van der Waals surface area contributed by atoms with Crippen molar-refractivity contribution >= 4 is 16.2 Å². The zero-order chi connectivity index (χ0) is 15.5. The van der Waals surface area contributed by atoms with Crippen LogP contribution in [0.2, 0.25) is 0 Å². The summed E-state index contributed by atoms with van der Waals surface area (Å²) in [6, 6.07) is -0.910. The molecule has 0 N–H and O–H groups in total. The van der Waals surface area contributed by atoms with Crippen molar-refractivity contribution in [2.45, 2.75) is 45.2 Å². The van der Waals surface area contributed by atoms with Crippen LogP contribution in [0.5, 0.6) is 0 Å². The van der Waals surface area contributed by atoms with E-state index >= 15 is 0 Å². The van der Waals surface area contributed by atoms with E-state index < -0.39 is 22.2 Å². The zero-order valence-electron chi connectivity index (χ0n) is 12.7. The molecule has 0 amide bonds. The van der Waals surface area contributed by atoms with Crippen molar-refractivity contribution in [3.63, 3.8) is 0 Å². The lowest BCUT2D eigenvalue weighted by Gasteiger charge is -2.40. The molecule has 2 aliphatic rings. The quantitative estimate of drug-likeness (QED) is 0.700. The Morgan fingerprint density at radius 1 is 1.29 bits per heavy atom. The molecule has 2 atom stereocenters.